The van der Waals surface area contributed by atoms with Crippen LogP contribution in [-0.4, -0.2) is 51.6 Å². The standard InChI is InChI=1S/C27H26N6O3S2/c1-27(2,34)13-16-9-18(33(3)38(35,36)19-7-5-4-6-8-19)10-21-20(16)11-22(30-21)25-26-23(31-32-25)12-24(37-26)17-14-28-29-15-17/h4-12,14-15,30,34H,13H2,1-3H3,(H,28,29)(H,31,32). The van der Waals surface area contributed by atoms with Gasteiger partial charge in [0.15, 0.2) is 0 Å². The molecule has 11 heteroatoms. The Morgan fingerprint density at radius 2 is 1.87 bits per heavy atom. The number of benzene rings is 2. The van der Waals surface area contributed by atoms with Gasteiger partial charge in [0.2, 0.25) is 0 Å². The van der Waals surface area contributed by atoms with Gasteiger partial charge in [0.25, 0.3) is 10.0 Å². The summed E-state index contributed by atoms with van der Waals surface area (Å²) in [4.78, 5) is 4.73. The summed E-state index contributed by atoms with van der Waals surface area (Å²) in [5, 5.41) is 26.1. The Morgan fingerprint density at radius 1 is 1.08 bits per heavy atom. The Bertz CT molecular complexity index is 1860. The lowest BCUT2D eigenvalue weighted by Gasteiger charge is -2.23. The van der Waals surface area contributed by atoms with Crippen molar-refractivity contribution in [3.05, 3.63) is 72.6 Å². The molecule has 0 radical (unpaired) electrons. The molecule has 0 aliphatic rings. The highest BCUT2D eigenvalue weighted by Gasteiger charge is 2.25. The normalized spacial score (nSPS) is 12.5. The minimum atomic E-state index is -3.77. The zero-order valence-corrected chi connectivity index (χ0v) is 22.6. The van der Waals surface area contributed by atoms with Crippen molar-refractivity contribution in [1.29, 1.82) is 0 Å². The molecule has 0 bridgehead atoms. The molecule has 0 spiro atoms. The SMILES string of the molecule is CN(c1cc(CC(C)(C)O)c2cc(-c3n[nH]c4cc(-c5cn[nH]c5)sc34)[nH]c2c1)S(=O)(=O)c1ccccc1. The molecule has 6 rings (SSSR count). The maximum absolute atomic E-state index is 13.4. The number of anilines is 1. The first-order valence-corrected chi connectivity index (χ1v) is 14.3. The van der Waals surface area contributed by atoms with E-state index in [-0.39, 0.29) is 4.90 Å². The largest absolute Gasteiger partial charge is 0.390 e. The minimum absolute atomic E-state index is 0.212. The van der Waals surface area contributed by atoms with E-state index in [1.165, 1.54) is 4.31 Å². The number of nitrogens with zero attached hydrogens (tertiary/aromatic N) is 3. The van der Waals surface area contributed by atoms with Crippen molar-refractivity contribution in [3.63, 3.8) is 0 Å². The molecule has 194 valence electrons. The summed E-state index contributed by atoms with van der Waals surface area (Å²) in [5.41, 5.74) is 4.60. The van der Waals surface area contributed by atoms with Gasteiger partial charge in [0, 0.05) is 41.0 Å². The fourth-order valence-corrected chi connectivity index (χ4v) is 6.93. The van der Waals surface area contributed by atoms with Crippen molar-refractivity contribution < 1.29 is 13.5 Å². The average Bonchev–Trinajstić information content (AvgIpc) is 3.66. The lowest BCUT2D eigenvalue weighted by Crippen LogP contribution is -2.27. The van der Waals surface area contributed by atoms with Gasteiger partial charge < -0.3 is 10.1 Å². The van der Waals surface area contributed by atoms with Crippen LogP contribution >= 0.6 is 11.3 Å². The zero-order valence-electron chi connectivity index (χ0n) is 21.0. The third kappa shape index (κ3) is 4.28. The van der Waals surface area contributed by atoms with E-state index in [1.807, 2.05) is 30.5 Å². The molecule has 0 atom stereocenters. The van der Waals surface area contributed by atoms with Crippen LogP contribution in [-0.2, 0) is 16.4 Å². The number of fused-ring (bicyclic) bond motifs is 2. The summed E-state index contributed by atoms with van der Waals surface area (Å²) in [6.07, 6.45) is 3.98. The van der Waals surface area contributed by atoms with Gasteiger partial charge in [-0.3, -0.25) is 14.5 Å². The number of aromatic amines is 3. The molecule has 0 amide bonds. The summed E-state index contributed by atoms with van der Waals surface area (Å²) in [6, 6.07) is 16.1. The summed E-state index contributed by atoms with van der Waals surface area (Å²) in [6.45, 7) is 3.48. The third-order valence-corrected chi connectivity index (χ3v) is 9.46. The van der Waals surface area contributed by atoms with Gasteiger partial charge in [0.05, 0.1) is 38.3 Å². The summed E-state index contributed by atoms with van der Waals surface area (Å²) in [5.74, 6) is 0. The van der Waals surface area contributed by atoms with Gasteiger partial charge >= 0.3 is 0 Å². The van der Waals surface area contributed by atoms with E-state index in [4.69, 9.17) is 0 Å². The Kier molecular flexibility index (Phi) is 5.67. The fourth-order valence-electron chi connectivity index (χ4n) is 4.63. The summed E-state index contributed by atoms with van der Waals surface area (Å²) < 4.78 is 29.0. The van der Waals surface area contributed by atoms with Crippen molar-refractivity contribution in [2.45, 2.75) is 30.8 Å². The lowest BCUT2D eigenvalue weighted by molar-refractivity contribution is 0.0813. The monoisotopic (exact) mass is 546 g/mol. The van der Waals surface area contributed by atoms with Crippen LogP contribution in [0.15, 0.2) is 71.9 Å². The minimum Gasteiger partial charge on any atom is -0.390 e. The number of thiophene rings is 1. The van der Waals surface area contributed by atoms with Crippen molar-refractivity contribution in [2.75, 3.05) is 11.4 Å². The van der Waals surface area contributed by atoms with E-state index in [2.05, 4.69) is 25.4 Å². The molecule has 4 N–H and O–H groups in total. The van der Waals surface area contributed by atoms with Crippen LogP contribution in [0.25, 0.3) is 42.9 Å². The van der Waals surface area contributed by atoms with Crippen LogP contribution in [0.5, 0.6) is 0 Å². The smallest absolute Gasteiger partial charge is 0.264 e. The number of rotatable bonds is 7. The van der Waals surface area contributed by atoms with Crippen molar-refractivity contribution in [3.8, 4) is 21.8 Å². The van der Waals surface area contributed by atoms with Gasteiger partial charge in [-0.2, -0.15) is 10.2 Å². The Hall–Kier alpha value is -3.93. The molecule has 0 aliphatic carbocycles. The second kappa shape index (κ2) is 8.83. The number of aromatic nitrogens is 5. The maximum Gasteiger partial charge on any atom is 0.264 e. The number of nitrogens with one attached hydrogen (secondary N) is 3. The second-order valence-corrected chi connectivity index (χ2v) is 13.0. The predicted octanol–water partition coefficient (Wildman–Crippen LogP) is 5.30. The first kappa shape index (κ1) is 24.4. The summed E-state index contributed by atoms with van der Waals surface area (Å²) in [7, 11) is -2.23. The summed E-state index contributed by atoms with van der Waals surface area (Å²) >= 11 is 1.61. The highest BCUT2D eigenvalue weighted by atomic mass is 32.2. The number of aliphatic hydroxyl groups is 1. The Morgan fingerprint density at radius 3 is 2.58 bits per heavy atom. The molecule has 4 heterocycles. The van der Waals surface area contributed by atoms with Crippen LogP contribution in [0, 0.1) is 0 Å². The third-order valence-electron chi connectivity index (χ3n) is 6.47. The van der Waals surface area contributed by atoms with E-state index in [0.717, 1.165) is 48.5 Å². The molecule has 0 saturated heterocycles. The molecule has 0 fully saturated rings. The average molecular weight is 547 g/mol. The first-order chi connectivity index (χ1) is 18.1. The van der Waals surface area contributed by atoms with Crippen molar-refractivity contribution in [1.82, 2.24) is 25.4 Å². The number of sulfonamides is 1. The van der Waals surface area contributed by atoms with E-state index in [9.17, 15) is 13.5 Å². The second-order valence-electron chi connectivity index (χ2n) is 9.94. The molecule has 38 heavy (non-hydrogen) atoms. The van der Waals surface area contributed by atoms with Gasteiger partial charge in [-0.15, -0.1) is 11.3 Å². The number of hydrogen-bond donors (Lipinski definition) is 4. The van der Waals surface area contributed by atoms with E-state index >= 15 is 0 Å². The molecule has 0 unspecified atom stereocenters. The molecular weight excluding hydrogens is 520 g/mol. The van der Waals surface area contributed by atoms with E-state index in [0.29, 0.717) is 12.1 Å². The highest BCUT2D eigenvalue weighted by molar-refractivity contribution is 7.92. The molecular formula is C27H26N6O3S2. The van der Waals surface area contributed by atoms with Gasteiger partial charge in [-0.05, 0) is 55.8 Å². The maximum atomic E-state index is 13.4. The fraction of sp³-hybridized carbons (Fsp3) is 0.185. The molecule has 0 saturated carbocycles. The van der Waals surface area contributed by atoms with Crippen molar-refractivity contribution in [2.24, 2.45) is 0 Å². The predicted molar refractivity (Wildman–Crippen MR) is 151 cm³/mol. The lowest BCUT2D eigenvalue weighted by atomic mass is 9.95. The first-order valence-electron chi connectivity index (χ1n) is 12.0. The Labute approximate surface area is 223 Å². The number of H-pyrrole nitrogens is 3. The zero-order chi connectivity index (χ0) is 26.7. The van der Waals surface area contributed by atoms with Crippen LogP contribution in [0.3, 0.4) is 0 Å². The topological polar surface area (TPSA) is 131 Å². The highest BCUT2D eigenvalue weighted by Crippen LogP contribution is 2.39. The van der Waals surface area contributed by atoms with Crippen molar-refractivity contribution >= 4 is 48.2 Å². The van der Waals surface area contributed by atoms with Crippen LogP contribution in [0.4, 0.5) is 5.69 Å². The number of hydrogen-bond acceptors (Lipinski definition) is 6. The van der Waals surface area contributed by atoms with Gasteiger partial charge in [-0.1, -0.05) is 18.2 Å². The van der Waals surface area contributed by atoms with Crippen LogP contribution in [0.1, 0.15) is 19.4 Å². The van der Waals surface area contributed by atoms with E-state index < -0.39 is 15.6 Å². The molecule has 4 aromatic heterocycles. The van der Waals surface area contributed by atoms with E-state index in [1.54, 1.807) is 68.8 Å². The molecule has 9 nitrogen and oxygen atoms in total. The van der Waals surface area contributed by atoms with Gasteiger partial charge in [-0.25, -0.2) is 8.42 Å². The molecule has 0 aliphatic heterocycles. The van der Waals surface area contributed by atoms with Crippen LogP contribution < -0.4 is 4.31 Å². The Balaban J connectivity index is 1.48. The quantitative estimate of drug-likeness (QED) is 0.216. The molecule has 2 aromatic carbocycles. The molecule has 6 aromatic rings. The van der Waals surface area contributed by atoms with Gasteiger partial charge in [0.1, 0.15) is 5.69 Å². The van der Waals surface area contributed by atoms with Crippen LogP contribution in [0.2, 0.25) is 0 Å².